The standard InChI is InChI=1S/C19H26ClNO4/c1-12(21-18(23)25-19(2,3)4)17(22)24-16-7-5-6-15(16)13-8-10-14(20)11-9-13/h8-12,15-16H,5-7H2,1-4H3,(H,21,23)/t12-,15-,16+/m0/s1. The van der Waals surface area contributed by atoms with Crippen molar-refractivity contribution in [2.45, 2.75) is 70.6 Å². The highest BCUT2D eigenvalue weighted by atomic mass is 35.5. The Hall–Kier alpha value is -1.75. The SMILES string of the molecule is C[C@H](NC(=O)OC(C)(C)C)C(=O)O[C@@H]1CCC[C@H]1c1ccc(Cl)cc1. The Kier molecular flexibility index (Phi) is 6.33. The molecule has 1 aromatic rings. The van der Waals surface area contributed by atoms with Gasteiger partial charge in [0.2, 0.25) is 0 Å². The van der Waals surface area contributed by atoms with E-state index >= 15 is 0 Å². The lowest BCUT2D eigenvalue weighted by Gasteiger charge is -2.24. The summed E-state index contributed by atoms with van der Waals surface area (Å²) in [6.07, 6.45) is 1.97. The molecule has 0 bridgehead atoms. The first-order valence-electron chi connectivity index (χ1n) is 8.61. The maximum Gasteiger partial charge on any atom is 0.408 e. The molecule has 2 rings (SSSR count). The Bertz CT molecular complexity index is 609. The Morgan fingerprint density at radius 2 is 1.84 bits per heavy atom. The lowest BCUT2D eigenvalue weighted by Crippen LogP contribution is -2.43. The quantitative estimate of drug-likeness (QED) is 0.799. The first kappa shape index (κ1) is 19.6. The van der Waals surface area contributed by atoms with Crippen LogP contribution in [0.5, 0.6) is 0 Å². The molecule has 0 radical (unpaired) electrons. The molecule has 0 aliphatic heterocycles. The van der Waals surface area contributed by atoms with Crippen molar-refractivity contribution in [3.63, 3.8) is 0 Å². The lowest BCUT2D eigenvalue weighted by molar-refractivity contribution is -0.151. The minimum atomic E-state index is -0.763. The third-order valence-electron chi connectivity index (χ3n) is 4.11. The van der Waals surface area contributed by atoms with Crippen molar-refractivity contribution in [3.8, 4) is 0 Å². The van der Waals surface area contributed by atoms with Gasteiger partial charge in [0.05, 0.1) is 0 Å². The van der Waals surface area contributed by atoms with Gasteiger partial charge in [-0.1, -0.05) is 23.7 Å². The predicted octanol–water partition coefficient (Wildman–Crippen LogP) is 4.43. The molecule has 1 aliphatic rings. The number of carbonyl (C=O) groups excluding carboxylic acids is 2. The van der Waals surface area contributed by atoms with Gasteiger partial charge in [-0.05, 0) is 64.7 Å². The molecular weight excluding hydrogens is 342 g/mol. The van der Waals surface area contributed by atoms with Crippen molar-refractivity contribution in [2.75, 3.05) is 0 Å². The van der Waals surface area contributed by atoms with Gasteiger partial charge in [-0.3, -0.25) is 0 Å². The van der Waals surface area contributed by atoms with Gasteiger partial charge < -0.3 is 14.8 Å². The van der Waals surface area contributed by atoms with E-state index in [1.807, 2.05) is 24.3 Å². The maximum absolute atomic E-state index is 12.3. The summed E-state index contributed by atoms with van der Waals surface area (Å²) >= 11 is 5.94. The molecule has 1 aromatic carbocycles. The molecule has 0 unspecified atom stereocenters. The summed E-state index contributed by atoms with van der Waals surface area (Å²) in [5.41, 5.74) is 0.506. The number of hydrogen-bond acceptors (Lipinski definition) is 4. The highest BCUT2D eigenvalue weighted by molar-refractivity contribution is 6.30. The van der Waals surface area contributed by atoms with E-state index in [0.717, 1.165) is 24.8 Å². The summed E-state index contributed by atoms with van der Waals surface area (Å²) in [5, 5.41) is 3.20. The molecule has 6 heteroatoms. The van der Waals surface area contributed by atoms with Crippen LogP contribution < -0.4 is 5.32 Å². The normalized spacial score (nSPS) is 21.5. The minimum Gasteiger partial charge on any atom is -0.460 e. The van der Waals surface area contributed by atoms with E-state index in [1.165, 1.54) is 0 Å². The van der Waals surface area contributed by atoms with Crippen molar-refractivity contribution in [3.05, 3.63) is 34.9 Å². The van der Waals surface area contributed by atoms with E-state index in [0.29, 0.717) is 5.02 Å². The van der Waals surface area contributed by atoms with Crippen LogP contribution in [0.1, 0.15) is 58.4 Å². The van der Waals surface area contributed by atoms with Crippen LogP contribution in [0.3, 0.4) is 0 Å². The van der Waals surface area contributed by atoms with Crippen LogP contribution in [0.25, 0.3) is 0 Å². The molecule has 1 saturated carbocycles. The number of rotatable bonds is 4. The molecule has 5 nitrogen and oxygen atoms in total. The van der Waals surface area contributed by atoms with E-state index < -0.39 is 23.7 Å². The van der Waals surface area contributed by atoms with Gasteiger partial charge >= 0.3 is 12.1 Å². The van der Waals surface area contributed by atoms with Crippen LogP contribution in [0.2, 0.25) is 5.02 Å². The third kappa shape index (κ3) is 5.92. The van der Waals surface area contributed by atoms with Crippen molar-refractivity contribution >= 4 is 23.7 Å². The molecule has 3 atom stereocenters. The van der Waals surface area contributed by atoms with Gasteiger partial charge in [-0.25, -0.2) is 9.59 Å². The van der Waals surface area contributed by atoms with E-state index in [2.05, 4.69) is 5.32 Å². The molecule has 0 heterocycles. The molecule has 0 saturated heterocycles. The number of hydrogen-bond donors (Lipinski definition) is 1. The van der Waals surface area contributed by atoms with Gasteiger partial charge in [0, 0.05) is 10.9 Å². The van der Waals surface area contributed by atoms with Crippen molar-refractivity contribution in [1.29, 1.82) is 0 Å². The zero-order valence-electron chi connectivity index (χ0n) is 15.2. The summed E-state index contributed by atoms with van der Waals surface area (Å²) in [5.74, 6) is -0.285. The second-order valence-electron chi connectivity index (χ2n) is 7.43. The Morgan fingerprint density at radius 1 is 1.20 bits per heavy atom. The first-order chi connectivity index (χ1) is 11.7. The zero-order valence-corrected chi connectivity index (χ0v) is 15.9. The first-order valence-corrected chi connectivity index (χ1v) is 8.99. The highest BCUT2D eigenvalue weighted by Crippen LogP contribution is 2.37. The Labute approximate surface area is 154 Å². The number of benzene rings is 1. The monoisotopic (exact) mass is 367 g/mol. The Balaban J connectivity index is 1.92. The summed E-state index contributed by atoms with van der Waals surface area (Å²) in [6, 6.07) is 6.88. The van der Waals surface area contributed by atoms with Gasteiger partial charge in [-0.15, -0.1) is 0 Å². The fraction of sp³-hybridized carbons (Fsp3) is 0.579. The number of esters is 1. The number of halogens is 1. The second kappa shape index (κ2) is 8.09. The number of alkyl carbamates (subject to hydrolysis) is 1. The predicted molar refractivity (Wildman–Crippen MR) is 96.8 cm³/mol. The van der Waals surface area contributed by atoms with E-state index in [9.17, 15) is 9.59 Å². The van der Waals surface area contributed by atoms with Gasteiger partial charge in [0.15, 0.2) is 0 Å². The van der Waals surface area contributed by atoms with E-state index in [4.69, 9.17) is 21.1 Å². The molecule has 1 aliphatic carbocycles. The average Bonchev–Trinajstić information content (AvgIpc) is 2.94. The minimum absolute atomic E-state index is 0.162. The van der Waals surface area contributed by atoms with Gasteiger partial charge in [-0.2, -0.15) is 0 Å². The number of ether oxygens (including phenoxy) is 2. The molecule has 1 N–H and O–H groups in total. The van der Waals surface area contributed by atoms with Crippen LogP contribution in [0, 0.1) is 0 Å². The zero-order chi connectivity index (χ0) is 18.6. The maximum atomic E-state index is 12.3. The van der Waals surface area contributed by atoms with E-state index in [1.54, 1.807) is 27.7 Å². The molecule has 25 heavy (non-hydrogen) atoms. The van der Waals surface area contributed by atoms with Gasteiger partial charge in [0.1, 0.15) is 17.7 Å². The molecule has 1 fully saturated rings. The van der Waals surface area contributed by atoms with Crippen molar-refractivity contribution in [1.82, 2.24) is 5.32 Å². The van der Waals surface area contributed by atoms with Crippen LogP contribution in [0.4, 0.5) is 4.79 Å². The smallest absolute Gasteiger partial charge is 0.408 e. The van der Waals surface area contributed by atoms with E-state index in [-0.39, 0.29) is 12.0 Å². The van der Waals surface area contributed by atoms with Crippen LogP contribution in [-0.4, -0.2) is 29.8 Å². The summed E-state index contributed by atoms with van der Waals surface area (Å²) < 4.78 is 10.8. The largest absolute Gasteiger partial charge is 0.460 e. The molecule has 0 spiro atoms. The second-order valence-corrected chi connectivity index (χ2v) is 7.87. The molecule has 1 amide bonds. The van der Waals surface area contributed by atoms with Crippen LogP contribution >= 0.6 is 11.6 Å². The number of nitrogens with one attached hydrogen (secondary N) is 1. The van der Waals surface area contributed by atoms with Crippen LogP contribution in [-0.2, 0) is 14.3 Å². The fourth-order valence-electron chi connectivity index (χ4n) is 2.95. The molecule has 0 aromatic heterocycles. The summed E-state index contributed by atoms with van der Waals surface area (Å²) in [6.45, 7) is 6.90. The topological polar surface area (TPSA) is 64.6 Å². The fourth-order valence-corrected chi connectivity index (χ4v) is 3.08. The summed E-state index contributed by atoms with van der Waals surface area (Å²) in [7, 11) is 0. The highest BCUT2D eigenvalue weighted by Gasteiger charge is 2.33. The summed E-state index contributed by atoms with van der Waals surface area (Å²) in [4.78, 5) is 24.1. The van der Waals surface area contributed by atoms with Gasteiger partial charge in [0.25, 0.3) is 0 Å². The van der Waals surface area contributed by atoms with Crippen LogP contribution in [0.15, 0.2) is 24.3 Å². The third-order valence-corrected chi connectivity index (χ3v) is 4.36. The average molecular weight is 368 g/mol. The van der Waals surface area contributed by atoms with Crippen molar-refractivity contribution in [2.24, 2.45) is 0 Å². The molecule has 138 valence electrons. The molecular formula is C19H26ClNO4. The lowest BCUT2D eigenvalue weighted by atomic mass is 9.96. The van der Waals surface area contributed by atoms with Crippen molar-refractivity contribution < 1.29 is 19.1 Å². The Morgan fingerprint density at radius 3 is 2.44 bits per heavy atom. The number of carbonyl (C=O) groups is 2. The number of amides is 1.